The Balaban J connectivity index is 1.70. The SMILES string of the molecule is Cc1c(F)nc(OCC(=O)OCC(=O)N(c2ccccc2)c2ccc(C(F)(F)F)cc2)c(Cl)c1N. The van der Waals surface area contributed by atoms with Gasteiger partial charge in [-0.3, -0.25) is 9.69 Å². The molecule has 0 aliphatic carbocycles. The highest BCUT2D eigenvalue weighted by molar-refractivity contribution is 6.34. The lowest BCUT2D eigenvalue weighted by molar-refractivity contribution is -0.149. The van der Waals surface area contributed by atoms with Crippen molar-refractivity contribution in [1.29, 1.82) is 0 Å². The van der Waals surface area contributed by atoms with Crippen molar-refractivity contribution in [2.75, 3.05) is 23.8 Å². The van der Waals surface area contributed by atoms with Crippen LogP contribution >= 0.6 is 11.6 Å². The quantitative estimate of drug-likeness (QED) is 0.270. The van der Waals surface area contributed by atoms with Crippen LogP contribution in [0.1, 0.15) is 11.1 Å². The van der Waals surface area contributed by atoms with Crippen molar-refractivity contribution in [3.63, 3.8) is 0 Å². The Morgan fingerprint density at radius 1 is 1.03 bits per heavy atom. The molecular weight excluding hydrogens is 494 g/mol. The number of esters is 1. The molecule has 3 aromatic rings. The molecule has 0 aliphatic rings. The van der Waals surface area contributed by atoms with Crippen molar-refractivity contribution in [2.45, 2.75) is 13.1 Å². The summed E-state index contributed by atoms with van der Waals surface area (Å²) in [6, 6.07) is 12.0. The fourth-order valence-electron chi connectivity index (χ4n) is 2.90. The Labute approximate surface area is 202 Å². The predicted octanol–water partition coefficient (Wildman–Crippen LogP) is 5.07. The van der Waals surface area contributed by atoms with E-state index in [-0.39, 0.29) is 22.0 Å². The molecule has 184 valence electrons. The molecule has 0 saturated heterocycles. The molecule has 3 rings (SSSR count). The largest absolute Gasteiger partial charge is 0.464 e. The standard InChI is InChI=1S/C23H18ClF4N3O4/c1-13-20(29)19(24)22(30-21(13)25)35-12-18(33)34-11-17(32)31(15-5-3-2-4-6-15)16-9-7-14(8-10-16)23(26,27)28/h2-10H,11-12H2,1H3,(H2,29,30). The number of rotatable bonds is 7. The van der Waals surface area contributed by atoms with Gasteiger partial charge >= 0.3 is 12.1 Å². The zero-order valence-corrected chi connectivity index (χ0v) is 18.9. The maximum atomic E-state index is 13.7. The lowest BCUT2D eigenvalue weighted by Crippen LogP contribution is -2.31. The van der Waals surface area contributed by atoms with Crippen molar-refractivity contribution < 1.29 is 36.6 Å². The van der Waals surface area contributed by atoms with Gasteiger partial charge in [0, 0.05) is 16.9 Å². The van der Waals surface area contributed by atoms with E-state index < -0.39 is 48.7 Å². The first-order chi connectivity index (χ1) is 16.5. The normalized spacial score (nSPS) is 11.1. The van der Waals surface area contributed by atoms with E-state index in [9.17, 15) is 27.2 Å². The summed E-state index contributed by atoms with van der Waals surface area (Å²) in [5.74, 6) is -3.10. The summed E-state index contributed by atoms with van der Waals surface area (Å²) >= 11 is 5.94. The van der Waals surface area contributed by atoms with E-state index in [4.69, 9.17) is 26.8 Å². The van der Waals surface area contributed by atoms with Crippen molar-refractivity contribution in [3.8, 4) is 5.88 Å². The van der Waals surface area contributed by atoms with Crippen molar-refractivity contribution >= 4 is 40.5 Å². The third kappa shape index (κ3) is 6.18. The van der Waals surface area contributed by atoms with Crippen LogP contribution in [0.25, 0.3) is 0 Å². The minimum atomic E-state index is -4.54. The molecule has 0 spiro atoms. The number of alkyl halides is 3. The molecule has 1 heterocycles. The maximum absolute atomic E-state index is 13.7. The van der Waals surface area contributed by atoms with Gasteiger partial charge < -0.3 is 15.2 Å². The summed E-state index contributed by atoms with van der Waals surface area (Å²) in [5.41, 5.74) is 5.14. The van der Waals surface area contributed by atoms with Crippen LogP contribution in [-0.2, 0) is 20.5 Å². The van der Waals surface area contributed by atoms with Gasteiger partial charge in [-0.25, -0.2) is 4.79 Å². The lowest BCUT2D eigenvalue weighted by atomic mass is 10.1. The molecule has 35 heavy (non-hydrogen) atoms. The second-order valence-corrected chi connectivity index (χ2v) is 7.50. The summed E-state index contributed by atoms with van der Waals surface area (Å²) in [7, 11) is 0. The minimum absolute atomic E-state index is 0.0137. The topological polar surface area (TPSA) is 94.8 Å². The predicted molar refractivity (Wildman–Crippen MR) is 120 cm³/mol. The average molecular weight is 512 g/mol. The second-order valence-electron chi connectivity index (χ2n) is 7.12. The van der Waals surface area contributed by atoms with E-state index in [0.29, 0.717) is 5.69 Å². The van der Waals surface area contributed by atoms with Crippen LogP contribution in [0.5, 0.6) is 5.88 Å². The molecule has 2 aromatic carbocycles. The highest BCUT2D eigenvalue weighted by Gasteiger charge is 2.30. The van der Waals surface area contributed by atoms with Crippen LogP contribution in [0, 0.1) is 12.9 Å². The number of hydrogen-bond donors (Lipinski definition) is 1. The van der Waals surface area contributed by atoms with Gasteiger partial charge in [-0.05, 0) is 43.3 Å². The van der Waals surface area contributed by atoms with Crippen LogP contribution in [-0.4, -0.2) is 30.1 Å². The smallest absolute Gasteiger partial charge is 0.416 e. The molecule has 12 heteroatoms. The van der Waals surface area contributed by atoms with Crippen LogP contribution in [0.15, 0.2) is 54.6 Å². The fourth-order valence-corrected chi connectivity index (χ4v) is 3.14. The minimum Gasteiger partial charge on any atom is -0.464 e. The molecule has 0 unspecified atom stereocenters. The molecule has 1 amide bonds. The Kier molecular flexibility index (Phi) is 7.80. The summed E-state index contributed by atoms with van der Waals surface area (Å²) in [5, 5.41) is -0.190. The van der Waals surface area contributed by atoms with E-state index in [2.05, 4.69) is 4.98 Å². The number of nitrogen functional groups attached to an aromatic ring is 1. The zero-order chi connectivity index (χ0) is 25.8. The maximum Gasteiger partial charge on any atom is 0.416 e. The van der Waals surface area contributed by atoms with Gasteiger partial charge in [-0.15, -0.1) is 0 Å². The molecule has 0 fully saturated rings. The van der Waals surface area contributed by atoms with Gasteiger partial charge in [0.2, 0.25) is 11.8 Å². The first-order valence-electron chi connectivity index (χ1n) is 9.93. The first kappa shape index (κ1) is 25.8. The number of anilines is 3. The van der Waals surface area contributed by atoms with Crippen molar-refractivity contribution in [2.24, 2.45) is 0 Å². The van der Waals surface area contributed by atoms with E-state index >= 15 is 0 Å². The number of nitrogens with two attached hydrogens (primary N) is 1. The van der Waals surface area contributed by atoms with E-state index in [1.165, 1.54) is 6.92 Å². The number of nitrogens with zero attached hydrogens (tertiary/aromatic N) is 2. The number of pyridine rings is 1. The second kappa shape index (κ2) is 10.6. The molecule has 1 aromatic heterocycles. The van der Waals surface area contributed by atoms with Gasteiger partial charge in [-0.2, -0.15) is 22.5 Å². The zero-order valence-electron chi connectivity index (χ0n) is 18.1. The molecule has 2 N–H and O–H groups in total. The Bertz CT molecular complexity index is 1220. The number of halogens is 5. The van der Waals surface area contributed by atoms with E-state index in [0.717, 1.165) is 29.2 Å². The number of carbonyl (C=O) groups is 2. The number of hydrogen-bond acceptors (Lipinski definition) is 6. The molecule has 0 atom stereocenters. The van der Waals surface area contributed by atoms with Crippen LogP contribution in [0.2, 0.25) is 5.02 Å². The highest BCUT2D eigenvalue weighted by atomic mass is 35.5. The molecule has 7 nitrogen and oxygen atoms in total. The van der Waals surface area contributed by atoms with Crippen molar-refractivity contribution in [1.82, 2.24) is 4.98 Å². The Morgan fingerprint density at radius 2 is 1.63 bits per heavy atom. The average Bonchev–Trinajstić information content (AvgIpc) is 2.83. The van der Waals surface area contributed by atoms with Crippen LogP contribution in [0.4, 0.5) is 34.6 Å². The fraction of sp³-hybridized carbons (Fsp3) is 0.174. The highest BCUT2D eigenvalue weighted by Crippen LogP contribution is 2.33. The number of amides is 1. The number of aromatic nitrogens is 1. The van der Waals surface area contributed by atoms with Crippen LogP contribution in [0.3, 0.4) is 0 Å². The van der Waals surface area contributed by atoms with Gasteiger partial charge in [0.1, 0.15) is 5.02 Å². The van der Waals surface area contributed by atoms with Crippen molar-refractivity contribution in [3.05, 3.63) is 76.7 Å². The Morgan fingerprint density at radius 3 is 2.23 bits per heavy atom. The van der Waals surface area contributed by atoms with Gasteiger partial charge in [-0.1, -0.05) is 29.8 Å². The Hall–Kier alpha value is -3.86. The number of para-hydroxylation sites is 1. The van der Waals surface area contributed by atoms with E-state index in [1.54, 1.807) is 30.3 Å². The molecular formula is C23H18ClF4N3O4. The molecule has 0 aliphatic heterocycles. The third-order valence-corrected chi connectivity index (χ3v) is 5.10. The number of carbonyl (C=O) groups excluding carboxylic acids is 2. The monoisotopic (exact) mass is 511 g/mol. The summed E-state index contributed by atoms with van der Waals surface area (Å²) in [6.45, 7) is -0.153. The molecule has 0 radical (unpaired) electrons. The van der Waals surface area contributed by atoms with Gasteiger partial charge in [0.15, 0.2) is 13.2 Å². The molecule has 0 bridgehead atoms. The number of benzene rings is 2. The van der Waals surface area contributed by atoms with Crippen LogP contribution < -0.4 is 15.4 Å². The van der Waals surface area contributed by atoms with E-state index in [1.807, 2.05) is 0 Å². The number of ether oxygens (including phenoxy) is 2. The summed E-state index contributed by atoms with van der Waals surface area (Å²) < 4.78 is 62.4. The van der Waals surface area contributed by atoms with Gasteiger partial charge in [0.05, 0.1) is 11.3 Å². The summed E-state index contributed by atoms with van der Waals surface area (Å²) in [4.78, 5) is 29.5. The third-order valence-electron chi connectivity index (χ3n) is 4.74. The summed E-state index contributed by atoms with van der Waals surface area (Å²) in [6.07, 6.45) is -4.54. The first-order valence-corrected chi connectivity index (χ1v) is 10.3. The molecule has 0 saturated carbocycles. The van der Waals surface area contributed by atoms with Gasteiger partial charge in [0.25, 0.3) is 5.91 Å². The lowest BCUT2D eigenvalue weighted by Gasteiger charge is -2.23.